The van der Waals surface area contributed by atoms with E-state index in [4.69, 9.17) is 0 Å². The van der Waals surface area contributed by atoms with Crippen LogP contribution < -0.4 is 0 Å². The molecule has 0 amide bonds. The summed E-state index contributed by atoms with van der Waals surface area (Å²) in [5, 5.41) is 28.1. The third-order valence-electron chi connectivity index (χ3n) is 2.59. The maximum atomic E-state index is 13.5. The molecule has 2 rings (SSSR count). The van der Waals surface area contributed by atoms with Gasteiger partial charge in [0.05, 0.1) is 0 Å². The van der Waals surface area contributed by atoms with Gasteiger partial charge in [-0.3, -0.25) is 0 Å². The fourth-order valence-electron chi connectivity index (χ4n) is 1.76. The van der Waals surface area contributed by atoms with Crippen molar-refractivity contribution < 1.29 is 19.7 Å². The summed E-state index contributed by atoms with van der Waals surface area (Å²) < 4.78 is 13.5. The molecule has 1 aliphatic rings. The number of alkyl halides is 1. The van der Waals surface area contributed by atoms with E-state index in [1.54, 1.807) is 18.2 Å². The van der Waals surface area contributed by atoms with Crippen LogP contribution in [0.2, 0.25) is 0 Å². The molecule has 4 atom stereocenters. The molecule has 1 aromatic rings. The fourth-order valence-corrected chi connectivity index (χ4v) is 1.76. The third kappa shape index (κ3) is 1.23. The molecule has 76 valence electrons. The molecule has 4 heteroatoms. The minimum absolute atomic E-state index is 0.248. The lowest BCUT2D eigenvalue weighted by Gasteiger charge is -2.33. The zero-order chi connectivity index (χ0) is 10.3. The van der Waals surface area contributed by atoms with Gasteiger partial charge < -0.3 is 15.3 Å². The zero-order valence-corrected chi connectivity index (χ0v) is 7.34. The van der Waals surface area contributed by atoms with E-state index in [1.165, 1.54) is 6.07 Å². The number of rotatable bonds is 0. The average molecular weight is 198 g/mol. The quantitative estimate of drug-likeness (QED) is 0.567. The molecule has 1 aliphatic carbocycles. The Morgan fingerprint density at radius 1 is 0.929 bits per heavy atom. The number of halogens is 1. The molecule has 1 aromatic carbocycles. The lowest BCUT2D eigenvalue weighted by Crippen LogP contribution is -2.40. The molecule has 0 bridgehead atoms. The van der Waals surface area contributed by atoms with Gasteiger partial charge in [0.2, 0.25) is 0 Å². The van der Waals surface area contributed by atoms with Crippen LogP contribution in [-0.4, -0.2) is 27.5 Å². The highest BCUT2D eigenvalue weighted by Gasteiger charge is 2.40. The van der Waals surface area contributed by atoms with Gasteiger partial charge in [-0.05, 0) is 11.1 Å². The molecule has 14 heavy (non-hydrogen) atoms. The number of hydrogen-bond acceptors (Lipinski definition) is 3. The van der Waals surface area contributed by atoms with Gasteiger partial charge in [0.15, 0.2) is 6.17 Å². The monoisotopic (exact) mass is 198 g/mol. The first-order valence-electron chi connectivity index (χ1n) is 4.40. The minimum Gasteiger partial charge on any atom is -0.387 e. The largest absolute Gasteiger partial charge is 0.387 e. The standard InChI is InChI=1S/C10H11FO3/c11-7-5-3-1-2-4-6(5)8(12)10(14)9(7)13/h1-4,7-10,12-14H/t7-,8+,9+,10+/m0/s1. The zero-order valence-electron chi connectivity index (χ0n) is 7.34. The number of fused-ring (bicyclic) bond motifs is 1. The van der Waals surface area contributed by atoms with Crippen molar-refractivity contribution in [1.82, 2.24) is 0 Å². The van der Waals surface area contributed by atoms with Crippen LogP contribution in [0.3, 0.4) is 0 Å². The van der Waals surface area contributed by atoms with Gasteiger partial charge in [0.25, 0.3) is 0 Å². The van der Waals surface area contributed by atoms with Crippen LogP contribution in [0.25, 0.3) is 0 Å². The smallest absolute Gasteiger partial charge is 0.154 e. The van der Waals surface area contributed by atoms with Crippen LogP contribution in [0.1, 0.15) is 23.4 Å². The maximum Gasteiger partial charge on any atom is 0.154 e. The normalized spacial score (nSPS) is 36.6. The van der Waals surface area contributed by atoms with Crippen molar-refractivity contribution in [3.05, 3.63) is 35.4 Å². The third-order valence-corrected chi connectivity index (χ3v) is 2.59. The molecule has 0 unspecified atom stereocenters. The van der Waals surface area contributed by atoms with Crippen LogP contribution in [0, 0.1) is 0 Å². The summed E-state index contributed by atoms with van der Waals surface area (Å²) in [6, 6.07) is 6.32. The van der Waals surface area contributed by atoms with Crippen LogP contribution in [0.4, 0.5) is 4.39 Å². The number of aliphatic hydroxyl groups excluding tert-OH is 3. The first-order valence-corrected chi connectivity index (χ1v) is 4.40. The second-order valence-electron chi connectivity index (χ2n) is 3.46. The topological polar surface area (TPSA) is 60.7 Å². The first kappa shape index (κ1) is 9.58. The van der Waals surface area contributed by atoms with Crippen molar-refractivity contribution in [2.24, 2.45) is 0 Å². The van der Waals surface area contributed by atoms with Gasteiger partial charge >= 0.3 is 0 Å². The summed E-state index contributed by atoms with van der Waals surface area (Å²) >= 11 is 0. The van der Waals surface area contributed by atoms with E-state index in [0.29, 0.717) is 5.56 Å². The van der Waals surface area contributed by atoms with Crippen LogP contribution >= 0.6 is 0 Å². The summed E-state index contributed by atoms with van der Waals surface area (Å²) in [6.45, 7) is 0. The Labute approximate surface area is 80.4 Å². The SMILES string of the molecule is O[C@H]1[C@H](O)[C@@H](F)c2ccccc2[C@H]1O. The van der Waals surface area contributed by atoms with E-state index in [1.807, 2.05) is 0 Å². The van der Waals surface area contributed by atoms with E-state index >= 15 is 0 Å². The highest BCUT2D eigenvalue weighted by Crippen LogP contribution is 2.38. The van der Waals surface area contributed by atoms with Crippen molar-refractivity contribution in [2.45, 2.75) is 24.5 Å². The van der Waals surface area contributed by atoms with E-state index in [-0.39, 0.29) is 5.56 Å². The van der Waals surface area contributed by atoms with Crippen LogP contribution in [0.5, 0.6) is 0 Å². The Balaban J connectivity index is 2.51. The number of aliphatic hydroxyl groups is 3. The van der Waals surface area contributed by atoms with Gasteiger partial charge in [-0.1, -0.05) is 24.3 Å². The predicted molar refractivity (Wildman–Crippen MR) is 47.3 cm³/mol. The first-order chi connectivity index (χ1) is 6.63. The van der Waals surface area contributed by atoms with Crippen molar-refractivity contribution in [2.75, 3.05) is 0 Å². The van der Waals surface area contributed by atoms with Gasteiger partial charge in [-0.2, -0.15) is 0 Å². The average Bonchev–Trinajstić information content (AvgIpc) is 2.23. The summed E-state index contributed by atoms with van der Waals surface area (Å²) in [5.74, 6) is 0. The van der Waals surface area contributed by atoms with E-state index in [0.717, 1.165) is 0 Å². The minimum atomic E-state index is -1.63. The Morgan fingerprint density at radius 2 is 1.50 bits per heavy atom. The molecule has 3 N–H and O–H groups in total. The van der Waals surface area contributed by atoms with E-state index < -0.39 is 24.5 Å². The van der Waals surface area contributed by atoms with Gasteiger partial charge in [0.1, 0.15) is 18.3 Å². The van der Waals surface area contributed by atoms with E-state index in [9.17, 15) is 19.7 Å². The molecule has 0 saturated heterocycles. The molecule has 0 fully saturated rings. The Hall–Kier alpha value is -0.970. The molecule has 0 heterocycles. The second-order valence-corrected chi connectivity index (χ2v) is 3.46. The van der Waals surface area contributed by atoms with Gasteiger partial charge in [-0.25, -0.2) is 4.39 Å². The number of benzene rings is 1. The van der Waals surface area contributed by atoms with Crippen molar-refractivity contribution in [3.63, 3.8) is 0 Å². The molecule has 0 saturated carbocycles. The Morgan fingerprint density at radius 3 is 2.14 bits per heavy atom. The fraction of sp³-hybridized carbons (Fsp3) is 0.400. The molecule has 0 radical (unpaired) electrons. The van der Waals surface area contributed by atoms with Gasteiger partial charge in [0, 0.05) is 0 Å². The molecule has 0 aliphatic heterocycles. The summed E-state index contributed by atoms with van der Waals surface area (Å²) in [5.41, 5.74) is 0.593. The summed E-state index contributed by atoms with van der Waals surface area (Å²) in [4.78, 5) is 0. The second kappa shape index (κ2) is 3.31. The maximum absolute atomic E-state index is 13.5. The van der Waals surface area contributed by atoms with Crippen LogP contribution in [0.15, 0.2) is 24.3 Å². The highest BCUT2D eigenvalue weighted by molar-refractivity contribution is 5.35. The molecular formula is C10H11FO3. The van der Waals surface area contributed by atoms with E-state index in [2.05, 4.69) is 0 Å². The molecule has 3 nitrogen and oxygen atoms in total. The lowest BCUT2D eigenvalue weighted by molar-refractivity contribution is -0.101. The highest BCUT2D eigenvalue weighted by atomic mass is 19.1. The molecular weight excluding hydrogens is 187 g/mol. The van der Waals surface area contributed by atoms with Crippen molar-refractivity contribution in [3.8, 4) is 0 Å². The molecule has 0 spiro atoms. The van der Waals surface area contributed by atoms with Crippen molar-refractivity contribution in [1.29, 1.82) is 0 Å². The van der Waals surface area contributed by atoms with Crippen molar-refractivity contribution >= 4 is 0 Å². The van der Waals surface area contributed by atoms with Crippen LogP contribution in [-0.2, 0) is 0 Å². The Bertz CT molecular complexity index is 309. The predicted octanol–water partition coefficient (Wildman–Crippen LogP) is 0.466. The number of hydrogen-bond donors (Lipinski definition) is 3. The summed E-state index contributed by atoms with van der Waals surface area (Å²) in [6.07, 6.45) is -5.86. The van der Waals surface area contributed by atoms with Gasteiger partial charge in [-0.15, -0.1) is 0 Å². The summed E-state index contributed by atoms with van der Waals surface area (Å²) in [7, 11) is 0. The Kier molecular flexibility index (Phi) is 2.26. The molecule has 0 aromatic heterocycles. The lowest BCUT2D eigenvalue weighted by atomic mass is 9.84.